The van der Waals surface area contributed by atoms with Crippen molar-refractivity contribution in [2.24, 2.45) is 0 Å². The Hall–Kier alpha value is -2.04. The van der Waals surface area contributed by atoms with Crippen LogP contribution in [0.2, 0.25) is 0 Å². The smallest absolute Gasteiger partial charge is 0.213 e. The Balaban J connectivity index is 2.57. The standard InChI is InChI=1S/C11H14N4O/c1-6-8(4-5-9(13-6)16-3)10-7(2)14-15-11(10)12/h4-5H,1-3H3,(H3,12,14,15). The van der Waals surface area contributed by atoms with Crippen molar-refractivity contribution in [3.8, 4) is 17.0 Å². The van der Waals surface area contributed by atoms with Crippen LogP contribution in [0.15, 0.2) is 12.1 Å². The van der Waals surface area contributed by atoms with E-state index in [9.17, 15) is 0 Å². The summed E-state index contributed by atoms with van der Waals surface area (Å²) in [5, 5.41) is 6.83. The lowest BCUT2D eigenvalue weighted by Gasteiger charge is -2.06. The highest BCUT2D eigenvalue weighted by Crippen LogP contribution is 2.30. The first-order valence-electron chi connectivity index (χ1n) is 4.96. The Bertz CT molecular complexity index is 499. The maximum absolute atomic E-state index is 5.84. The number of aromatic nitrogens is 3. The second-order valence-corrected chi connectivity index (χ2v) is 3.58. The molecular formula is C11H14N4O. The Morgan fingerprint density at radius 3 is 2.50 bits per heavy atom. The van der Waals surface area contributed by atoms with E-state index in [1.54, 1.807) is 7.11 Å². The summed E-state index contributed by atoms with van der Waals surface area (Å²) in [6.07, 6.45) is 0. The van der Waals surface area contributed by atoms with Crippen LogP contribution in [-0.2, 0) is 0 Å². The molecular weight excluding hydrogens is 204 g/mol. The highest BCUT2D eigenvalue weighted by atomic mass is 16.5. The SMILES string of the molecule is COc1ccc(-c2c(C)n[nH]c2N)c(C)n1. The van der Waals surface area contributed by atoms with Crippen LogP contribution in [0.25, 0.3) is 11.1 Å². The van der Waals surface area contributed by atoms with E-state index >= 15 is 0 Å². The maximum Gasteiger partial charge on any atom is 0.213 e. The molecule has 0 saturated heterocycles. The molecule has 0 amide bonds. The summed E-state index contributed by atoms with van der Waals surface area (Å²) in [5.41, 5.74) is 9.46. The van der Waals surface area contributed by atoms with E-state index < -0.39 is 0 Å². The van der Waals surface area contributed by atoms with E-state index in [-0.39, 0.29) is 0 Å². The van der Waals surface area contributed by atoms with Crippen LogP contribution in [0, 0.1) is 13.8 Å². The van der Waals surface area contributed by atoms with Crippen LogP contribution in [0.3, 0.4) is 0 Å². The van der Waals surface area contributed by atoms with E-state index in [0.29, 0.717) is 11.7 Å². The summed E-state index contributed by atoms with van der Waals surface area (Å²) in [4.78, 5) is 4.31. The van der Waals surface area contributed by atoms with Crippen LogP contribution in [-0.4, -0.2) is 22.3 Å². The third kappa shape index (κ3) is 1.60. The lowest BCUT2D eigenvalue weighted by atomic mass is 10.0. The third-order valence-electron chi connectivity index (χ3n) is 2.51. The van der Waals surface area contributed by atoms with Gasteiger partial charge in [0.2, 0.25) is 5.88 Å². The lowest BCUT2D eigenvalue weighted by Crippen LogP contribution is -1.95. The highest BCUT2D eigenvalue weighted by molar-refractivity contribution is 5.77. The molecule has 16 heavy (non-hydrogen) atoms. The van der Waals surface area contributed by atoms with Crippen molar-refractivity contribution in [3.05, 3.63) is 23.5 Å². The fourth-order valence-corrected chi connectivity index (χ4v) is 1.71. The molecule has 5 heteroatoms. The van der Waals surface area contributed by atoms with E-state index in [2.05, 4.69) is 15.2 Å². The zero-order chi connectivity index (χ0) is 11.7. The molecule has 0 aliphatic rings. The van der Waals surface area contributed by atoms with Crippen LogP contribution in [0.1, 0.15) is 11.4 Å². The normalized spacial score (nSPS) is 10.4. The fraction of sp³-hybridized carbons (Fsp3) is 0.273. The van der Waals surface area contributed by atoms with Crippen LogP contribution >= 0.6 is 0 Å². The minimum Gasteiger partial charge on any atom is -0.481 e. The molecule has 0 fully saturated rings. The zero-order valence-corrected chi connectivity index (χ0v) is 9.53. The molecule has 5 nitrogen and oxygen atoms in total. The van der Waals surface area contributed by atoms with Crippen molar-refractivity contribution in [1.82, 2.24) is 15.2 Å². The number of anilines is 1. The number of H-pyrrole nitrogens is 1. The number of aryl methyl sites for hydroxylation is 2. The number of methoxy groups -OCH3 is 1. The van der Waals surface area contributed by atoms with Crippen LogP contribution in [0.4, 0.5) is 5.82 Å². The molecule has 0 atom stereocenters. The molecule has 3 N–H and O–H groups in total. The van der Waals surface area contributed by atoms with Gasteiger partial charge in [-0.1, -0.05) is 0 Å². The average Bonchev–Trinajstić information content (AvgIpc) is 2.59. The Kier molecular flexibility index (Phi) is 2.52. The van der Waals surface area contributed by atoms with E-state index in [1.165, 1.54) is 0 Å². The largest absolute Gasteiger partial charge is 0.481 e. The number of nitrogens with two attached hydrogens (primary N) is 1. The van der Waals surface area contributed by atoms with Gasteiger partial charge in [-0.2, -0.15) is 5.10 Å². The molecule has 0 radical (unpaired) electrons. The number of rotatable bonds is 2. The van der Waals surface area contributed by atoms with Gasteiger partial charge >= 0.3 is 0 Å². The molecule has 2 rings (SSSR count). The first kappa shape index (κ1) is 10.5. The summed E-state index contributed by atoms with van der Waals surface area (Å²) in [5.74, 6) is 1.16. The Labute approximate surface area is 93.7 Å². The molecule has 0 unspecified atom stereocenters. The predicted molar refractivity (Wildman–Crippen MR) is 62.3 cm³/mol. The van der Waals surface area contributed by atoms with Gasteiger partial charge in [0, 0.05) is 22.9 Å². The number of hydrogen-bond acceptors (Lipinski definition) is 4. The van der Waals surface area contributed by atoms with Gasteiger partial charge in [0.1, 0.15) is 5.82 Å². The lowest BCUT2D eigenvalue weighted by molar-refractivity contribution is 0.397. The average molecular weight is 218 g/mol. The summed E-state index contributed by atoms with van der Waals surface area (Å²) >= 11 is 0. The van der Waals surface area contributed by atoms with Gasteiger partial charge in [-0.15, -0.1) is 0 Å². The number of hydrogen-bond donors (Lipinski definition) is 2. The fourth-order valence-electron chi connectivity index (χ4n) is 1.71. The van der Waals surface area contributed by atoms with Crippen molar-refractivity contribution in [3.63, 3.8) is 0 Å². The number of pyridine rings is 1. The highest BCUT2D eigenvalue weighted by Gasteiger charge is 2.13. The van der Waals surface area contributed by atoms with Gasteiger partial charge in [-0.25, -0.2) is 4.98 Å². The quantitative estimate of drug-likeness (QED) is 0.804. The number of nitrogens with zero attached hydrogens (tertiary/aromatic N) is 2. The van der Waals surface area contributed by atoms with Crippen molar-refractivity contribution in [2.75, 3.05) is 12.8 Å². The number of ether oxygens (including phenoxy) is 1. The third-order valence-corrected chi connectivity index (χ3v) is 2.51. The van der Waals surface area contributed by atoms with Gasteiger partial charge < -0.3 is 10.5 Å². The second-order valence-electron chi connectivity index (χ2n) is 3.58. The van der Waals surface area contributed by atoms with Crippen LogP contribution < -0.4 is 10.5 Å². The van der Waals surface area contributed by atoms with E-state index in [0.717, 1.165) is 22.5 Å². The zero-order valence-electron chi connectivity index (χ0n) is 9.53. The van der Waals surface area contributed by atoms with Crippen LogP contribution in [0.5, 0.6) is 5.88 Å². The Morgan fingerprint density at radius 1 is 1.25 bits per heavy atom. The first-order valence-corrected chi connectivity index (χ1v) is 4.96. The molecule has 0 bridgehead atoms. The van der Waals surface area contributed by atoms with Gasteiger partial charge in [-0.05, 0) is 19.9 Å². The van der Waals surface area contributed by atoms with Crippen molar-refractivity contribution in [1.29, 1.82) is 0 Å². The minimum atomic E-state index is 0.563. The molecule has 0 saturated carbocycles. The van der Waals surface area contributed by atoms with Gasteiger partial charge in [-0.3, -0.25) is 5.10 Å². The molecule has 2 aromatic rings. The molecule has 84 valence electrons. The van der Waals surface area contributed by atoms with Crippen molar-refractivity contribution < 1.29 is 4.74 Å². The van der Waals surface area contributed by atoms with Gasteiger partial charge in [0.25, 0.3) is 0 Å². The summed E-state index contributed by atoms with van der Waals surface area (Å²) < 4.78 is 5.06. The van der Waals surface area contributed by atoms with Gasteiger partial charge in [0.05, 0.1) is 12.8 Å². The van der Waals surface area contributed by atoms with E-state index in [4.69, 9.17) is 10.5 Å². The molecule has 0 spiro atoms. The van der Waals surface area contributed by atoms with Crippen molar-refractivity contribution >= 4 is 5.82 Å². The van der Waals surface area contributed by atoms with E-state index in [1.807, 2.05) is 26.0 Å². The molecule has 0 aromatic carbocycles. The summed E-state index contributed by atoms with van der Waals surface area (Å²) in [6, 6.07) is 3.75. The molecule has 2 aromatic heterocycles. The monoisotopic (exact) mass is 218 g/mol. The van der Waals surface area contributed by atoms with Crippen molar-refractivity contribution in [2.45, 2.75) is 13.8 Å². The number of nitrogen functional groups attached to an aromatic ring is 1. The minimum absolute atomic E-state index is 0.563. The topological polar surface area (TPSA) is 76.8 Å². The summed E-state index contributed by atoms with van der Waals surface area (Å²) in [7, 11) is 1.60. The number of nitrogens with one attached hydrogen (secondary N) is 1. The first-order chi connectivity index (χ1) is 7.63. The van der Waals surface area contributed by atoms with Gasteiger partial charge in [0.15, 0.2) is 0 Å². The number of aromatic amines is 1. The molecule has 0 aliphatic carbocycles. The Morgan fingerprint density at radius 2 is 2.00 bits per heavy atom. The second kappa shape index (κ2) is 3.84. The molecule has 2 heterocycles. The predicted octanol–water partition coefficient (Wildman–Crippen LogP) is 1.68. The molecule has 0 aliphatic heterocycles. The summed E-state index contributed by atoms with van der Waals surface area (Å²) in [6.45, 7) is 3.83. The maximum atomic E-state index is 5.84.